The molecule has 0 saturated carbocycles. The van der Waals surface area contributed by atoms with E-state index in [-0.39, 0.29) is 6.03 Å². The van der Waals surface area contributed by atoms with Crippen LogP contribution in [0.25, 0.3) is 0 Å². The molecular formula is C13H27N3O. The van der Waals surface area contributed by atoms with Gasteiger partial charge in [-0.25, -0.2) is 4.79 Å². The molecule has 4 nitrogen and oxygen atoms in total. The minimum atomic E-state index is 0.214. The lowest BCUT2D eigenvalue weighted by atomic mass is 10.2. The summed E-state index contributed by atoms with van der Waals surface area (Å²) in [6.07, 6.45) is 5.92. The molecule has 17 heavy (non-hydrogen) atoms. The normalized spacial score (nSPS) is 17.1. The second-order valence-electron chi connectivity index (χ2n) is 5.26. The van der Waals surface area contributed by atoms with Crippen LogP contribution in [-0.2, 0) is 0 Å². The molecule has 1 aliphatic rings. The first-order chi connectivity index (χ1) is 8.11. The number of amides is 2. The van der Waals surface area contributed by atoms with E-state index >= 15 is 0 Å². The van der Waals surface area contributed by atoms with Gasteiger partial charge in [-0.05, 0) is 39.9 Å². The number of hydrogen-bond acceptors (Lipinski definition) is 2. The summed E-state index contributed by atoms with van der Waals surface area (Å²) in [5.74, 6) is 0. The molecule has 0 aliphatic carbocycles. The highest BCUT2D eigenvalue weighted by molar-refractivity contribution is 5.74. The van der Waals surface area contributed by atoms with Gasteiger partial charge in [0.25, 0.3) is 0 Å². The van der Waals surface area contributed by atoms with Crippen molar-refractivity contribution in [3.8, 4) is 0 Å². The van der Waals surface area contributed by atoms with Crippen molar-refractivity contribution in [2.75, 3.05) is 47.3 Å². The lowest BCUT2D eigenvalue weighted by Crippen LogP contribution is -2.42. The minimum absolute atomic E-state index is 0.214. The molecule has 1 saturated heterocycles. The van der Waals surface area contributed by atoms with Gasteiger partial charge in [0.2, 0.25) is 0 Å². The summed E-state index contributed by atoms with van der Waals surface area (Å²) in [7, 11) is 6.05. The summed E-state index contributed by atoms with van der Waals surface area (Å²) >= 11 is 0. The van der Waals surface area contributed by atoms with Gasteiger partial charge in [-0.1, -0.05) is 12.8 Å². The van der Waals surface area contributed by atoms with Crippen LogP contribution < -0.4 is 0 Å². The van der Waals surface area contributed by atoms with Crippen molar-refractivity contribution in [1.29, 1.82) is 0 Å². The predicted molar refractivity (Wildman–Crippen MR) is 71.2 cm³/mol. The quantitative estimate of drug-likeness (QED) is 0.751. The maximum absolute atomic E-state index is 12.2. The van der Waals surface area contributed by atoms with Gasteiger partial charge in [-0.2, -0.15) is 0 Å². The summed E-state index contributed by atoms with van der Waals surface area (Å²) < 4.78 is 0. The van der Waals surface area contributed by atoms with Crippen LogP contribution in [-0.4, -0.2) is 68.1 Å². The van der Waals surface area contributed by atoms with Crippen LogP contribution in [0.15, 0.2) is 0 Å². The van der Waals surface area contributed by atoms with E-state index in [9.17, 15) is 4.79 Å². The summed E-state index contributed by atoms with van der Waals surface area (Å²) in [4.78, 5) is 18.2. The van der Waals surface area contributed by atoms with Crippen molar-refractivity contribution in [3.63, 3.8) is 0 Å². The number of urea groups is 1. The molecule has 1 heterocycles. The van der Waals surface area contributed by atoms with E-state index in [1.54, 1.807) is 0 Å². The van der Waals surface area contributed by atoms with Gasteiger partial charge in [0, 0.05) is 26.7 Å². The Kier molecular flexibility index (Phi) is 6.34. The molecule has 4 heteroatoms. The number of hydrogen-bond donors (Lipinski definition) is 0. The van der Waals surface area contributed by atoms with Crippen molar-refractivity contribution in [2.24, 2.45) is 0 Å². The number of nitrogens with zero attached hydrogens (tertiary/aromatic N) is 3. The molecule has 0 N–H and O–H groups in total. The Balaban J connectivity index is 2.29. The van der Waals surface area contributed by atoms with E-state index in [2.05, 4.69) is 19.0 Å². The van der Waals surface area contributed by atoms with Crippen LogP contribution in [0, 0.1) is 0 Å². The van der Waals surface area contributed by atoms with Crippen molar-refractivity contribution in [1.82, 2.24) is 14.7 Å². The van der Waals surface area contributed by atoms with Crippen LogP contribution in [0.2, 0.25) is 0 Å². The Bertz CT molecular complexity index is 223. The Hall–Kier alpha value is -0.770. The predicted octanol–water partition coefficient (Wildman–Crippen LogP) is 1.87. The van der Waals surface area contributed by atoms with Gasteiger partial charge in [0.05, 0.1) is 0 Å². The van der Waals surface area contributed by atoms with Crippen molar-refractivity contribution in [3.05, 3.63) is 0 Å². The standard InChI is InChI=1S/C13H27N3O/c1-14(2)9-8-10-15(3)13(17)16-11-6-4-5-7-12-16/h4-12H2,1-3H3. The molecule has 0 radical (unpaired) electrons. The van der Waals surface area contributed by atoms with Crippen molar-refractivity contribution >= 4 is 6.03 Å². The second-order valence-corrected chi connectivity index (χ2v) is 5.26. The molecule has 1 fully saturated rings. The summed E-state index contributed by atoms with van der Waals surface area (Å²) in [6.45, 7) is 3.78. The van der Waals surface area contributed by atoms with Crippen LogP contribution in [0.3, 0.4) is 0 Å². The monoisotopic (exact) mass is 241 g/mol. The fourth-order valence-corrected chi connectivity index (χ4v) is 2.22. The zero-order chi connectivity index (χ0) is 12.7. The summed E-state index contributed by atoms with van der Waals surface area (Å²) in [5, 5.41) is 0. The third-order valence-corrected chi connectivity index (χ3v) is 3.30. The summed E-state index contributed by atoms with van der Waals surface area (Å²) in [5.41, 5.74) is 0. The molecule has 0 unspecified atom stereocenters. The van der Waals surface area contributed by atoms with Crippen LogP contribution in [0.1, 0.15) is 32.1 Å². The highest BCUT2D eigenvalue weighted by Crippen LogP contribution is 2.11. The van der Waals surface area contributed by atoms with E-state index in [0.717, 1.165) is 45.4 Å². The fourth-order valence-electron chi connectivity index (χ4n) is 2.22. The van der Waals surface area contributed by atoms with E-state index in [0.29, 0.717) is 0 Å². The van der Waals surface area contributed by atoms with E-state index in [4.69, 9.17) is 0 Å². The van der Waals surface area contributed by atoms with E-state index in [1.807, 2.05) is 16.8 Å². The first-order valence-electron chi connectivity index (χ1n) is 6.76. The van der Waals surface area contributed by atoms with Crippen LogP contribution >= 0.6 is 0 Å². The van der Waals surface area contributed by atoms with Crippen molar-refractivity contribution < 1.29 is 4.79 Å². The Morgan fingerprint density at radius 2 is 1.59 bits per heavy atom. The number of carbonyl (C=O) groups is 1. The molecular weight excluding hydrogens is 214 g/mol. The number of rotatable bonds is 4. The molecule has 100 valence electrons. The third-order valence-electron chi connectivity index (χ3n) is 3.30. The highest BCUT2D eigenvalue weighted by atomic mass is 16.2. The van der Waals surface area contributed by atoms with E-state index < -0.39 is 0 Å². The third kappa shape index (κ3) is 5.39. The molecule has 0 aromatic heterocycles. The average Bonchev–Trinajstić information content (AvgIpc) is 2.55. The lowest BCUT2D eigenvalue weighted by Gasteiger charge is -2.27. The topological polar surface area (TPSA) is 26.8 Å². The second kappa shape index (κ2) is 7.54. The van der Waals surface area contributed by atoms with Crippen LogP contribution in [0.5, 0.6) is 0 Å². The zero-order valence-electron chi connectivity index (χ0n) is 11.6. The molecule has 0 bridgehead atoms. The molecule has 1 aliphatic heterocycles. The Labute approximate surface area is 106 Å². The summed E-state index contributed by atoms with van der Waals surface area (Å²) in [6, 6.07) is 0.214. The number of carbonyl (C=O) groups excluding carboxylic acids is 1. The lowest BCUT2D eigenvalue weighted by molar-refractivity contribution is 0.163. The molecule has 0 atom stereocenters. The van der Waals surface area contributed by atoms with Gasteiger partial charge in [-0.3, -0.25) is 0 Å². The Morgan fingerprint density at radius 1 is 1.00 bits per heavy atom. The Morgan fingerprint density at radius 3 is 2.12 bits per heavy atom. The first kappa shape index (κ1) is 14.3. The minimum Gasteiger partial charge on any atom is -0.328 e. The molecule has 2 amide bonds. The molecule has 0 spiro atoms. The highest BCUT2D eigenvalue weighted by Gasteiger charge is 2.18. The fraction of sp³-hybridized carbons (Fsp3) is 0.923. The number of likely N-dealkylation sites (tertiary alicyclic amines) is 1. The maximum atomic E-state index is 12.2. The van der Waals surface area contributed by atoms with Gasteiger partial charge in [0.1, 0.15) is 0 Å². The maximum Gasteiger partial charge on any atom is 0.319 e. The average molecular weight is 241 g/mol. The van der Waals surface area contributed by atoms with Crippen molar-refractivity contribution in [2.45, 2.75) is 32.1 Å². The van der Waals surface area contributed by atoms with Gasteiger partial charge in [-0.15, -0.1) is 0 Å². The largest absolute Gasteiger partial charge is 0.328 e. The molecule has 0 aromatic carbocycles. The SMILES string of the molecule is CN(C)CCCN(C)C(=O)N1CCCCCC1. The van der Waals surface area contributed by atoms with Gasteiger partial charge >= 0.3 is 6.03 Å². The molecule has 1 rings (SSSR count). The van der Waals surface area contributed by atoms with E-state index in [1.165, 1.54) is 12.8 Å². The van der Waals surface area contributed by atoms with Crippen LogP contribution in [0.4, 0.5) is 4.79 Å². The van der Waals surface area contributed by atoms with Gasteiger partial charge in [0.15, 0.2) is 0 Å². The zero-order valence-corrected chi connectivity index (χ0v) is 11.6. The first-order valence-corrected chi connectivity index (χ1v) is 6.76. The smallest absolute Gasteiger partial charge is 0.319 e. The molecule has 0 aromatic rings. The van der Waals surface area contributed by atoms with Gasteiger partial charge < -0.3 is 14.7 Å².